The summed E-state index contributed by atoms with van der Waals surface area (Å²) >= 11 is 0. The molecule has 1 atom stereocenters. The molecule has 206 valence electrons. The lowest BCUT2D eigenvalue weighted by atomic mass is 10.1. The van der Waals surface area contributed by atoms with Gasteiger partial charge in [0.05, 0.1) is 11.0 Å². The minimum atomic E-state index is 0.357. The van der Waals surface area contributed by atoms with Crippen LogP contribution in [0, 0.1) is 11.8 Å². The van der Waals surface area contributed by atoms with Gasteiger partial charge in [0, 0.05) is 60.9 Å². The molecule has 0 amide bonds. The quantitative estimate of drug-likeness (QED) is 0.253. The molecular formula is C31H42N8. The van der Waals surface area contributed by atoms with E-state index < -0.39 is 0 Å². The Kier molecular flexibility index (Phi) is 8.29. The van der Waals surface area contributed by atoms with Gasteiger partial charge in [-0.2, -0.15) is 0 Å². The predicted octanol–water partition coefficient (Wildman–Crippen LogP) is 6.20. The van der Waals surface area contributed by atoms with Gasteiger partial charge < -0.3 is 20.4 Å². The van der Waals surface area contributed by atoms with Gasteiger partial charge >= 0.3 is 0 Å². The van der Waals surface area contributed by atoms with Crippen LogP contribution < -0.4 is 20.4 Å². The highest BCUT2D eigenvalue weighted by molar-refractivity contribution is 5.92. The predicted molar refractivity (Wildman–Crippen MR) is 164 cm³/mol. The maximum absolute atomic E-state index is 4.59. The zero-order valence-electron chi connectivity index (χ0n) is 24.0. The Labute approximate surface area is 232 Å². The number of piperazine rings is 1. The molecule has 2 aromatic carbocycles. The van der Waals surface area contributed by atoms with E-state index >= 15 is 0 Å². The van der Waals surface area contributed by atoms with E-state index in [0.717, 1.165) is 79.0 Å². The molecule has 0 spiro atoms. The van der Waals surface area contributed by atoms with Gasteiger partial charge in [-0.1, -0.05) is 27.7 Å². The van der Waals surface area contributed by atoms with E-state index in [4.69, 9.17) is 0 Å². The molecule has 0 aliphatic carbocycles. The van der Waals surface area contributed by atoms with E-state index in [9.17, 15) is 0 Å². The van der Waals surface area contributed by atoms with Crippen molar-refractivity contribution in [1.82, 2.24) is 19.9 Å². The zero-order valence-corrected chi connectivity index (χ0v) is 24.0. The summed E-state index contributed by atoms with van der Waals surface area (Å²) in [4.78, 5) is 23.1. The summed E-state index contributed by atoms with van der Waals surface area (Å²) in [6, 6.07) is 13.5. The number of aromatic nitrogens is 4. The highest BCUT2D eigenvalue weighted by Crippen LogP contribution is 2.30. The summed E-state index contributed by atoms with van der Waals surface area (Å²) in [6.45, 7) is 15.9. The van der Waals surface area contributed by atoms with Crippen LogP contribution in [0.4, 0.5) is 23.0 Å². The molecule has 0 saturated carbocycles. The number of fused-ring (bicyclic) bond motifs is 2. The highest BCUT2D eigenvalue weighted by Gasteiger charge is 2.25. The molecular weight excluding hydrogens is 484 g/mol. The van der Waals surface area contributed by atoms with E-state index in [0.29, 0.717) is 17.9 Å². The van der Waals surface area contributed by atoms with Gasteiger partial charge in [0.1, 0.15) is 24.3 Å². The van der Waals surface area contributed by atoms with Gasteiger partial charge in [-0.3, -0.25) is 0 Å². The van der Waals surface area contributed by atoms with Gasteiger partial charge in [0.15, 0.2) is 0 Å². The number of nitrogens with zero attached hydrogens (tertiary/aromatic N) is 6. The molecule has 4 aromatic rings. The Morgan fingerprint density at radius 1 is 0.744 bits per heavy atom. The van der Waals surface area contributed by atoms with Crippen molar-refractivity contribution in [2.24, 2.45) is 11.8 Å². The molecule has 0 bridgehead atoms. The van der Waals surface area contributed by atoms with E-state index in [1.807, 2.05) is 0 Å². The molecule has 1 unspecified atom stereocenters. The first-order valence-corrected chi connectivity index (χ1v) is 14.4. The van der Waals surface area contributed by atoms with Gasteiger partial charge in [0.2, 0.25) is 0 Å². The third kappa shape index (κ3) is 6.32. The number of anilines is 4. The summed E-state index contributed by atoms with van der Waals surface area (Å²) in [5.41, 5.74) is 4.39. The van der Waals surface area contributed by atoms with Crippen LogP contribution in [0.5, 0.6) is 0 Å². The topological polar surface area (TPSA) is 82.1 Å². The van der Waals surface area contributed by atoms with Crippen molar-refractivity contribution in [3.63, 3.8) is 0 Å². The molecule has 1 aliphatic rings. The van der Waals surface area contributed by atoms with E-state index in [-0.39, 0.29) is 0 Å². The van der Waals surface area contributed by atoms with Gasteiger partial charge in [-0.15, -0.1) is 0 Å². The van der Waals surface area contributed by atoms with Crippen LogP contribution >= 0.6 is 0 Å². The van der Waals surface area contributed by atoms with Crippen LogP contribution in [-0.4, -0.2) is 58.7 Å². The van der Waals surface area contributed by atoms with Crippen molar-refractivity contribution in [3.8, 4) is 0 Å². The smallest absolute Gasteiger partial charge is 0.137 e. The van der Waals surface area contributed by atoms with Gasteiger partial charge in [-0.25, -0.2) is 19.9 Å². The lowest BCUT2D eigenvalue weighted by Gasteiger charge is -2.42. The van der Waals surface area contributed by atoms with Crippen molar-refractivity contribution in [2.75, 3.05) is 53.2 Å². The van der Waals surface area contributed by atoms with Crippen LogP contribution in [0.2, 0.25) is 0 Å². The normalized spacial score (nSPS) is 16.0. The van der Waals surface area contributed by atoms with Gasteiger partial charge in [0.25, 0.3) is 0 Å². The summed E-state index contributed by atoms with van der Waals surface area (Å²) in [7, 11) is 0. The molecule has 1 saturated heterocycles. The van der Waals surface area contributed by atoms with Crippen LogP contribution in [0.1, 0.15) is 47.5 Å². The summed E-state index contributed by atoms with van der Waals surface area (Å²) in [5, 5.41) is 9.14. The SMILES string of the molecule is CC(C)CCNc1ncnc2cc(N3CCN(c4ccc5c(NCCC(C)C)ncnc5c4)C(C)C3)ccc12. The molecule has 8 heteroatoms. The lowest BCUT2D eigenvalue weighted by Crippen LogP contribution is -2.52. The fraction of sp³-hybridized carbons (Fsp3) is 0.484. The summed E-state index contributed by atoms with van der Waals surface area (Å²) in [6.07, 6.45) is 5.57. The zero-order chi connectivity index (χ0) is 27.4. The molecule has 8 nitrogen and oxygen atoms in total. The Morgan fingerprint density at radius 2 is 1.28 bits per heavy atom. The number of hydrogen-bond acceptors (Lipinski definition) is 8. The average Bonchev–Trinajstić information content (AvgIpc) is 2.92. The second-order valence-electron chi connectivity index (χ2n) is 11.6. The second kappa shape index (κ2) is 12.0. The summed E-state index contributed by atoms with van der Waals surface area (Å²) in [5.74, 6) is 3.16. The Morgan fingerprint density at radius 3 is 1.82 bits per heavy atom. The maximum Gasteiger partial charge on any atom is 0.137 e. The van der Waals surface area contributed by atoms with Crippen molar-refractivity contribution in [2.45, 2.75) is 53.5 Å². The number of hydrogen-bond donors (Lipinski definition) is 2. The highest BCUT2D eigenvalue weighted by atomic mass is 15.3. The van der Waals surface area contributed by atoms with Gasteiger partial charge in [-0.05, 0) is 68.0 Å². The molecule has 1 aliphatic heterocycles. The van der Waals surface area contributed by atoms with E-state index in [1.54, 1.807) is 12.7 Å². The van der Waals surface area contributed by atoms with Crippen LogP contribution in [0.25, 0.3) is 21.8 Å². The monoisotopic (exact) mass is 526 g/mol. The Bertz CT molecular complexity index is 1400. The Balaban J connectivity index is 1.27. The molecule has 0 radical (unpaired) electrons. The minimum absolute atomic E-state index is 0.357. The maximum atomic E-state index is 4.59. The molecule has 3 heterocycles. The third-order valence-corrected chi connectivity index (χ3v) is 7.59. The first kappa shape index (κ1) is 26.9. The molecule has 39 heavy (non-hydrogen) atoms. The van der Waals surface area contributed by atoms with Crippen molar-refractivity contribution in [3.05, 3.63) is 49.1 Å². The molecule has 2 aromatic heterocycles. The first-order chi connectivity index (χ1) is 18.9. The van der Waals surface area contributed by atoms with E-state index in [1.165, 1.54) is 11.4 Å². The van der Waals surface area contributed by atoms with Crippen LogP contribution in [-0.2, 0) is 0 Å². The van der Waals surface area contributed by atoms with E-state index in [2.05, 4.69) is 111 Å². The van der Waals surface area contributed by atoms with Crippen LogP contribution in [0.15, 0.2) is 49.1 Å². The number of nitrogens with one attached hydrogen (secondary N) is 2. The van der Waals surface area contributed by atoms with Crippen molar-refractivity contribution >= 4 is 44.8 Å². The second-order valence-corrected chi connectivity index (χ2v) is 11.6. The number of benzene rings is 2. The standard InChI is InChI=1S/C31H42N8/c1-21(2)10-12-32-30-26-8-6-24(16-28(26)34-19-36-30)38-14-15-39(23(5)18-38)25-7-9-27-29(17-25)35-20-37-31(27)33-13-11-22(3)4/h6-9,16-17,19-23H,10-15,18H2,1-5H3,(H,32,34,36)(H,33,35,37). The van der Waals surface area contributed by atoms with Crippen molar-refractivity contribution in [1.29, 1.82) is 0 Å². The lowest BCUT2D eigenvalue weighted by molar-refractivity contribution is 0.551. The molecule has 5 rings (SSSR count). The van der Waals surface area contributed by atoms with Crippen LogP contribution in [0.3, 0.4) is 0 Å². The number of rotatable bonds is 10. The fourth-order valence-electron chi connectivity index (χ4n) is 5.28. The third-order valence-electron chi connectivity index (χ3n) is 7.59. The Hall–Kier alpha value is -3.68. The molecule has 1 fully saturated rings. The molecule has 2 N–H and O–H groups in total. The summed E-state index contributed by atoms with van der Waals surface area (Å²) < 4.78 is 0. The first-order valence-electron chi connectivity index (χ1n) is 14.4. The largest absolute Gasteiger partial charge is 0.369 e. The fourth-order valence-corrected chi connectivity index (χ4v) is 5.28. The average molecular weight is 527 g/mol. The van der Waals surface area contributed by atoms with Crippen molar-refractivity contribution < 1.29 is 0 Å². The minimum Gasteiger partial charge on any atom is -0.369 e.